The van der Waals surface area contributed by atoms with Crippen molar-refractivity contribution in [3.63, 3.8) is 0 Å². The van der Waals surface area contributed by atoms with E-state index in [4.69, 9.17) is 4.74 Å². The fourth-order valence-corrected chi connectivity index (χ4v) is 4.90. The van der Waals surface area contributed by atoms with Crippen LogP contribution in [0.1, 0.15) is 55.6 Å². The van der Waals surface area contributed by atoms with Crippen LogP contribution in [0.2, 0.25) is 0 Å². The van der Waals surface area contributed by atoms with Gasteiger partial charge in [-0.3, -0.25) is 4.79 Å². The number of quaternary nitrogens is 1. The summed E-state index contributed by atoms with van der Waals surface area (Å²) in [6.07, 6.45) is 5.52. The molecule has 8 heteroatoms. The van der Waals surface area contributed by atoms with Gasteiger partial charge in [0.05, 0.1) is 31.3 Å². The van der Waals surface area contributed by atoms with E-state index in [1.165, 1.54) is 10.5 Å². The van der Waals surface area contributed by atoms with Crippen molar-refractivity contribution in [1.29, 1.82) is 0 Å². The number of nitrogens with zero attached hydrogens (tertiary/aromatic N) is 4. The summed E-state index contributed by atoms with van der Waals surface area (Å²) in [7, 11) is 0. The van der Waals surface area contributed by atoms with Crippen molar-refractivity contribution in [2.45, 2.75) is 57.7 Å². The summed E-state index contributed by atoms with van der Waals surface area (Å²) in [5.41, 5.74) is 2.82. The minimum absolute atomic E-state index is 0.0529. The molecule has 0 aliphatic carbocycles. The Balaban J connectivity index is 1.59. The van der Waals surface area contributed by atoms with E-state index < -0.39 is 0 Å². The van der Waals surface area contributed by atoms with Crippen molar-refractivity contribution >= 4 is 10.9 Å². The van der Waals surface area contributed by atoms with Gasteiger partial charge in [-0.05, 0) is 58.8 Å². The molecule has 3 aromatic rings. The summed E-state index contributed by atoms with van der Waals surface area (Å²) in [6.45, 7) is 5.61. The van der Waals surface area contributed by atoms with Crippen LogP contribution >= 0.6 is 0 Å². The molecule has 2 N–H and O–H groups in total. The molecule has 2 atom stereocenters. The maximum absolute atomic E-state index is 13.2. The molecule has 2 aliphatic rings. The molecule has 2 aromatic heterocycles. The van der Waals surface area contributed by atoms with Gasteiger partial charge in [-0.25, -0.2) is 4.68 Å². The molecule has 158 valence electrons. The number of aromatic amines is 1. The smallest absolute Gasteiger partial charge is 0.258 e. The van der Waals surface area contributed by atoms with E-state index in [2.05, 4.69) is 45.6 Å². The number of hydrogen-bond donors (Lipinski definition) is 2. The Morgan fingerprint density at radius 1 is 1.27 bits per heavy atom. The molecule has 0 radical (unpaired) electrons. The molecule has 2 aliphatic heterocycles. The number of nitrogens with one attached hydrogen (secondary N) is 2. The Morgan fingerprint density at radius 3 is 2.90 bits per heavy atom. The number of ether oxygens (including phenoxy) is 1. The zero-order valence-corrected chi connectivity index (χ0v) is 17.4. The molecule has 0 amide bonds. The molecular formula is C22H29N6O2+. The van der Waals surface area contributed by atoms with Gasteiger partial charge in [-0.15, -0.1) is 5.10 Å². The second-order valence-electron chi connectivity index (χ2n) is 8.48. The molecular weight excluding hydrogens is 380 g/mol. The van der Waals surface area contributed by atoms with Crippen LogP contribution in [0.15, 0.2) is 29.1 Å². The van der Waals surface area contributed by atoms with E-state index in [1.54, 1.807) is 0 Å². The lowest BCUT2D eigenvalue weighted by atomic mass is 10.0. The molecule has 0 unspecified atom stereocenters. The van der Waals surface area contributed by atoms with Gasteiger partial charge in [0.1, 0.15) is 0 Å². The van der Waals surface area contributed by atoms with Crippen LogP contribution in [0.5, 0.6) is 0 Å². The quantitative estimate of drug-likeness (QED) is 0.635. The number of rotatable bonds is 6. The lowest BCUT2D eigenvalue weighted by molar-refractivity contribution is -0.914. The Bertz CT molecular complexity index is 1080. The third kappa shape index (κ3) is 3.65. The second kappa shape index (κ2) is 8.28. The van der Waals surface area contributed by atoms with Crippen molar-refractivity contribution in [3.8, 4) is 0 Å². The van der Waals surface area contributed by atoms with E-state index in [9.17, 15) is 4.79 Å². The number of likely N-dealkylation sites (tertiary alicyclic amines) is 1. The first kappa shape index (κ1) is 19.4. The number of aryl methyl sites for hydroxylation is 1. The first-order chi connectivity index (χ1) is 14.7. The highest BCUT2D eigenvalue weighted by atomic mass is 16.5. The van der Waals surface area contributed by atoms with Crippen LogP contribution in [0.4, 0.5) is 0 Å². The Hall–Kier alpha value is -2.58. The second-order valence-corrected chi connectivity index (χ2v) is 8.48. The number of tetrazole rings is 1. The first-order valence-electron chi connectivity index (χ1n) is 11.1. The fourth-order valence-electron chi connectivity index (χ4n) is 4.90. The van der Waals surface area contributed by atoms with Crippen LogP contribution in [0, 0.1) is 0 Å². The molecule has 30 heavy (non-hydrogen) atoms. The van der Waals surface area contributed by atoms with Gasteiger partial charge in [-0.1, -0.05) is 13.0 Å². The van der Waals surface area contributed by atoms with Gasteiger partial charge in [-0.2, -0.15) is 0 Å². The highest BCUT2D eigenvalue weighted by Gasteiger charge is 2.36. The van der Waals surface area contributed by atoms with Crippen LogP contribution in [0.25, 0.3) is 10.9 Å². The lowest BCUT2D eigenvalue weighted by Gasteiger charge is -2.24. The zero-order valence-electron chi connectivity index (χ0n) is 17.4. The summed E-state index contributed by atoms with van der Waals surface area (Å²) >= 11 is 0. The zero-order chi connectivity index (χ0) is 20.5. The molecule has 1 aromatic carbocycles. The maximum Gasteiger partial charge on any atom is 0.258 e. The number of H-pyrrole nitrogens is 1. The summed E-state index contributed by atoms with van der Waals surface area (Å²) < 4.78 is 7.67. The Kier molecular flexibility index (Phi) is 5.35. The van der Waals surface area contributed by atoms with Crippen molar-refractivity contribution in [2.24, 2.45) is 0 Å². The highest BCUT2D eigenvalue weighted by molar-refractivity contribution is 5.79. The van der Waals surface area contributed by atoms with E-state index in [0.29, 0.717) is 6.54 Å². The molecule has 0 saturated carbocycles. The molecule has 0 bridgehead atoms. The predicted octanol–water partition coefficient (Wildman–Crippen LogP) is 1.02. The van der Waals surface area contributed by atoms with Gasteiger partial charge in [0.25, 0.3) is 5.56 Å². The summed E-state index contributed by atoms with van der Waals surface area (Å²) in [5, 5.41) is 13.7. The highest BCUT2D eigenvalue weighted by Crippen LogP contribution is 2.22. The third-order valence-electron chi connectivity index (χ3n) is 6.53. The standard InChI is InChI=1S/C22H28N6O2/c1-2-15-7-8-19-16(12-15)13-18(22(29)23-19)20(27-9-3-4-10-27)21-24-25-26-28(21)14-17-6-5-11-30-17/h7-8,12-13,17,20H,2-6,9-11,14H2,1H3,(H,23,29)/p+1/t17-,20-/m1/s1. The van der Waals surface area contributed by atoms with E-state index in [-0.39, 0.29) is 17.7 Å². The fraction of sp³-hybridized carbons (Fsp3) is 0.545. The lowest BCUT2D eigenvalue weighted by Crippen LogP contribution is -3.10. The molecule has 2 fully saturated rings. The van der Waals surface area contributed by atoms with E-state index >= 15 is 0 Å². The summed E-state index contributed by atoms with van der Waals surface area (Å²) in [5.74, 6) is 0.763. The number of pyridine rings is 1. The van der Waals surface area contributed by atoms with Gasteiger partial charge >= 0.3 is 0 Å². The topological polar surface area (TPSA) is 90.1 Å². The first-order valence-corrected chi connectivity index (χ1v) is 11.1. The number of aromatic nitrogens is 5. The number of fused-ring (bicyclic) bond motifs is 1. The van der Waals surface area contributed by atoms with E-state index in [0.717, 1.165) is 74.1 Å². The summed E-state index contributed by atoms with van der Waals surface area (Å²) in [6, 6.07) is 8.11. The van der Waals surface area contributed by atoms with Gasteiger partial charge < -0.3 is 14.6 Å². The van der Waals surface area contributed by atoms with Crippen LogP contribution < -0.4 is 10.5 Å². The molecule has 8 nitrogen and oxygen atoms in total. The predicted molar refractivity (Wildman–Crippen MR) is 113 cm³/mol. The molecule has 5 rings (SSSR count). The van der Waals surface area contributed by atoms with Crippen LogP contribution in [-0.2, 0) is 17.7 Å². The van der Waals surface area contributed by atoms with E-state index in [1.807, 2.05) is 10.7 Å². The van der Waals surface area contributed by atoms with Crippen LogP contribution in [-0.4, -0.2) is 51.0 Å². The number of benzene rings is 1. The molecule has 2 saturated heterocycles. The normalized spacial score (nSPS) is 20.9. The van der Waals surface area contributed by atoms with Crippen molar-refractivity contribution in [1.82, 2.24) is 25.2 Å². The van der Waals surface area contributed by atoms with Gasteiger partial charge in [0.15, 0.2) is 6.04 Å². The van der Waals surface area contributed by atoms with Crippen molar-refractivity contribution < 1.29 is 9.64 Å². The largest absolute Gasteiger partial charge is 0.376 e. The monoisotopic (exact) mass is 409 g/mol. The minimum atomic E-state index is -0.178. The van der Waals surface area contributed by atoms with Gasteiger partial charge in [0.2, 0.25) is 5.82 Å². The summed E-state index contributed by atoms with van der Waals surface area (Å²) in [4.78, 5) is 17.6. The minimum Gasteiger partial charge on any atom is -0.376 e. The third-order valence-corrected chi connectivity index (χ3v) is 6.53. The van der Waals surface area contributed by atoms with Crippen LogP contribution in [0.3, 0.4) is 0 Å². The average molecular weight is 410 g/mol. The molecule has 0 spiro atoms. The van der Waals surface area contributed by atoms with Gasteiger partial charge in [0, 0.05) is 25.0 Å². The molecule has 4 heterocycles. The average Bonchev–Trinajstić information content (AvgIpc) is 3.53. The van der Waals surface area contributed by atoms with Crippen molar-refractivity contribution in [2.75, 3.05) is 19.7 Å². The Labute approximate surface area is 175 Å². The Morgan fingerprint density at radius 2 is 2.13 bits per heavy atom. The van der Waals surface area contributed by atoms with Crippen molar-refractivity contribution in [3.05, 3.63) is 51.6 Å². The SMILES string of the molecule is CCc1ccc2[nH]c(=O)c([C@H](c3nnnn3C[C@H]3CCCO3)[NH+]3CCCC3)cc2c1. The number of hydrogen-bond acceptors (Lipinski definition) is 5. The maximum atomic E-state index is 13.2.